The average molecular weight is 1730 g/mol. The number of halogens is 6. The Bertz CT molecular complexity index is 4870. The molecule has 5 amide bonds. The van der Waals surface area contributed by atoms with Crippen LogP contribution in [0.1, 0.15) is 325 Å². The van der Waals surface area contributed by atoms with Crippen molar-refractivity contribution in [3.63, 3.8) is 0 Å². The molecule has 682 valence electrons. The molecule has 4 aliphatic rings. The molecule has 0 saturated carbocycles. The van der Waals surface area contributed by atoms with Crippen molar-refractivity contribution in [3.05, 3.63) is 188 Å². The van der Waals surface area contributed by atoms with Crippen LogP contribution in [0, 0.1) is 27.7 Å². The molecule has 4 aliphatic heterocycles. The van der Waals surface area contributed by atoms with E-state index in [1.165, 1.54) is 24.3 Å². The van der Waals surface area contributed by atoms with Crippen LogP contribution in [-0.2, 0) is 59.6 Å². The molecule has 4 saturated heterocycles. The Hall–Kier alpha value is -9.99. The first-order valence-electron chi connectivity index (χ1n) is 43.1. The summed E-state index contributed by atoms with van der Waals surface area (Å²) in [7, 11) is 0. The number of hydrogen-bond acceptors (Lipinski definition) is 12. The van der Waals surface area contributed by atoms with Crippen LogP contribution in [0.15, 0.2) is 103 Å². The van der Waals surface area contributed by atoms with E-state index in [9.17, 15) is 65.0 Å². The number of alkyl halides is 6. The number of nitrogens with one attached hydrogen (secondary N) is 3. The number of likely N-dealkylation sites (tertiary alicyclic amines) is 3. The lowest BCUT2D eigenvalue weighted by Crippen LogP contribution is -2.42. The van der Waals surface area contributed by atoms with E-state index in [1.807, 2.05) is 139 Å². The normalized spacial score (nSPS) is 15.9. The first-order valence-corrected chi connectivity index (χ1v) is 43.1. The van der Waals surface area contributed by atoms with E-state index in [2.05, 4.69) is 117 Å². The average Bonchev–Trinajstić information content (AvgIpc) is 1.63. The quantitative estimate of drug-likeness (QED) is 0.0506. The van der Waals surface area contributed by atoms with Gasteiger partial charge in [-0.3, -0.25) is 9.59 Å². The summed E-state index contributed by atoms with van der Waals surface area (Å²) in [4.78, 5) is 93.1. The highest BCUT2D eigenvalue weighted by molar-refractivity contribution is 6.06. The molecule has 11 rings (SSSR count). The number of nitrogens with zero attached hydrogens (tertiary/aromatic N) is 7. The summed E-state index contributed by atoms with van der Waals surface area (Å²) in [5.74, 6) is -2.04. The minimum absolute atomic E-state index is 0.0769. The van der Waals surface area contributed by atoms with Gasteiger partial charge in [-0.15, -0.1) is 0 Å². The highest BCUT2D eigenvalue weighted by Gasteiger charge is 2.40. The number of carboxylic acids is 1. The van der Waals surface area contributed by atoms with Gasteiger partial charge in [0.1, 0.15) is 23.4 Å². The standard InChI is InChI=1S/C27H36F3N3O3.C27H38N2O4.C22H28F3N3O.C20H32N2O4/c1-17-21(23(34)31-19-10-8-9-18(15-19)27(28,29)30)16-22(25(2,3)4)33(17)20-11-13-32(14-12-20)24(35)36-26(5,6)7;1-19-22(24(30)32-18-20-11-9-8-10-12-20)17-23(26(2,3)4)29(19)21-13-15-28(16-14-21)25(31)33-27(5,6)7;1-14-18(20(29)27-16-7-5-6-15(12-16)22(23,24)25)13-19(21(2,3)4)28(14)17-8-10-26-11-9-17;1-13-15(17(23)24)12-16(19(2,3)4)22(13)14-8-10-21(11-9-14)18(25)26-20(5,6)7/h8-10,15-16,20H,11-14H2,1-7H3,(H,31,34);8-12,17,21H,13-16,18H2,1-7H3;5-7,12-13,17,26H,8-11H2,1-4H3,(H,27,29);12,14H,8-11H2,1-7H3,(H,23,24). The number of hydrogen-bond donors (Lipinski definition) is 4. The third-order valence-corrected chi connectivity index (χ3v) is 22.4. The van der Waals surface area contributed by atoms with Crippen LogP contribution in [0.25, 0.3) is 0 Å². The second-order valence-electron chi connectivity index (χ2n) is 40.1. The number of carbonyl (C=O) groups excluding carboxylic acids is 6. The van der Waals surface area contributed by atoms with Gasteiger partial charge in [0, 0.05) is 142 Å². The maximum Gasteiger partial charge on any atom is 0.416 e. The van der Waals surface area contributed by atoms with Crippen molar-refractivity contribution in [1.29, 1.82) is 0 Å². The number of piperidine rings is 4. The molecule has 124 heavy (non-hydrogen) atoms. The Morgan fingerprint density at radius 3 is 0.952 bits per heavy atom. The van der Waals surface area contributed by atoms with Crippen molar-refractivity contribution in [2.45, 2.75) is 306 Å². The minimum atomic E-state index is -4.49. The lowest BCUT2D eigenvalue weighted by molar-refractivity contribution is -0.138. The molecule has 7 aromatic rings. The van der Waals surface area contributed by atoms with Crippen molar-refractivity contribution in [1.82, 2.24) is 38.3 Å². The number of ether oxygens (including phenoxy) is 4. The number of rotatable bonds is 12. The van der Waals surface area contributed by atoms with Crippen molar-refractivity contribution >= 4 is 53.4 Å². The maximum absolute atomic E-state index is 13.2. The van der Waals surface area contributed by atoms with Gasteiger partial charge in [0.15, 0.2) is 0 Å². The molecule has 0 aliphatic carbocycles. The van der Waals surface area contributed by atoms with Gasteiger partial charge in [0.05, 0.1) is 33.4 Å². The molecule has 4 fully saturated rings. The topological polar surface area (TPSA) is 242 Å². The van der Waals surface area contributed by atoms with E-state index in [4.69, 9.17) is 18.9 Å². The smallest absolute Gasteiger partial charge is 0.416 e. The summed E-state index contributed by atoms with van der Waals surface area (Å²) in [6.07, 6.45) is -3.24. The summed E-state index contributed by atoms with van der Waals surface area (Å²) in [5.41, 5.74) is 6.70. The molecule has 4 aromatic heterocycles. The van der Waals surface area contributed by atoms with E-state index in [0.29, 0.717) is 80.4 Å². The lowest BCUT2D eigenvalue weighted by atomic mass is 9.91. The largest absolute Gasteiger partial charge is 0.478 e. The number of anilines is 2. The van der Waals surface area contributed by atoms with Gasteiger partial charge in [0.25, 0.3) is 11.8 Å². The van der Waals surface area contributed by atoms with Gasteiger partial charge >= 0.3 is 42.6 Å². The zero-order chi connectivity index (χ0) is 92.7. The van der Waals surface area contributed by atoms with Gasteiger partial charge in [-0.2, -0.15) is 26.3 Å². The molecule has 8 heterocycles. The molecular weight excluding hydrogens is 1600 g/mol. The molecule has 0 unspecified atom stereocenters. The van der Waals surface area contributed by atoms with Crippen LogP contribution in [0.3, 0.4) is 0 Å². The summed E-state index contributed by atoms with van der Waals surface area (Å²) in [6, 6.07) is 27.4. The Morgan fingerprint density at radius 2 is 0.661 bits per heavy atom. The molecule has 3 aromatic carbocycles. The summed E-state index contributed by atoms with van der Waals surface area (Å²) in [5, 5.41) is 18.1. The third-order valence-electron chi connectivity index (χ3n) is 22.4. The van der Waals surface area contributed by atoms with Gasteiger partial charge < -0.3 is 73.0 Å². The first kappa shape index (κ1) is 99.4. The third kappa shape index (κ3) is 26.6. The van der Waals surface area contributed by atoms with E-state index < -0.39 is 52.2 Å². The number of amides is 5. The van der Waals surface area contributed by atoms with Crippen molar-refractivity contribution in [2.24, 2.45) is 0 Å². The Balaban J connectivity index is 0.000000206. The minimum Gasteiger partial charge on any atom is -0.478 e. The predicted molar refractivity (Wildman–Crippen MR) is 472 cm³/mol. The molecule has 28 heteroatoms. The van der Waals surface area contributed by atoms with Gasteiger partial charge in [-0.25, -0.2) is 24.0 Å². The van der Waals surface area contributed by atoms with Crippen molar-refractivity contribution in [2.75, 3.05) is 63.0 Å². The van der Waals surface area contributed by atoms with Crippen LogP contribution < -0.4 is 16.0 Å². The van der Waals surface area contributed by atoms with Gasteiger partial charge in [0.2, 0.25) is 0 Å². The fourth-order valence-electron chi connectivity index (χ4n) is 16.3. The molecule has 4 N–H and O–H groups in total. The first-order chi connectivity index (χ1) is 57.1. The van der Waals surface area contributed by atoms with Crippen molar-refractivity contribution < 1.29 is 84.0 Å². The second-order valence-corrected chi connectivity index (χ2v) is 40.1. The van der Waals surface area contributed by atoms with Crippen LogP contribution in [-0.4, -0.2) is 149 Å². The zero-order valence-corrected chi connectivity index (χ0v) is 77.5. The molecule has 0 radical (unpaired) electrons. The van der Waals surface area contributed by atoms with E-state index in [-0.39, 0.29) is 87.9 Å². The highest BCUT2D eigenvalue weighted by atomic mass is 19.4. The Morgan fingerprint density at radius 1 is 0.379 bits per heavy atom. The number of aromatic carboxylic acids is 1. The van der Waals surface area contributed by atoms with E-state index in [0.717, 1.165) is 127 Å². The Labute approximate surface area is 728 Å². The highest BCUT2D eigenvalue weighted by Crippen LogP contribution is 2.42. The fraction of sp³-hybridized carbons (Fsp3) is 0.573. The summed E-state index contributed by atoms with van der Waals surface area (Å²) in [6.45, 7) is 55.3. The molecule has 0 spiro atoms. The number of benzene rings is 3. The van der Waals surface area contributed by atoms with Gasteiger partial charge in [-0.05, 0) is 221 Å². The van der Waals surface area contributed by atoms with Crippen LogP contribution in [0.2, 0.25) is 0 Å². The lowest BCUT2D eigenvalue weighted by Gasteiger charge is -2.36. The number of esters is 1. The van der Waals surface area contributed by atoms with Crippen molar-refractivity contribution in [3.8, 4) is 0 Å². The van der Waals surface area contributed by atoms with E-state index in [1.54, 1.807) is 20.8 Å². The summed E-state index contributed by atoms with van der Waals surface area (Å²) >= 11 is 0. The number of aromatic nitrogens is 4. The molecule has 0 bridgehead atoms. The maximum atomic E-state index is 13.2. The number of carboxylic acid groups (broad SMARTS) is 1. The SMILES string of the molecule is Cc1c(C(=O)Nc2cccc(C(F)(F)F)c2)cc(C(C)(C)C)n1C1CCN(C(=O)OC(C)(C)C)CC1.Cc1c(C(=O)Nc2cccc(C(F)(F)F)c2)cc(C(C)(C)C)n1C1CCNCC1.Cc1c(C(=O)O)cc(C(C)(C)C)n1C1CCN(C(=O)OC(C)(C)C)CC1.Cc1c(C(=O)OCc2ccccc2)cc(C(C)(C)C)n1C1CCN(C(=O)OC(C)(C)C)CC1. The van der Waals surface area contributed by atoms with Crippen LogP contribution in [0.5, 0.6) is 0 Å². The molecule has 22 nitrogen and oxygen atoms in total. The molecular formula is C96H134F6N10O12. The Kier molecular flexibility index (Phi) is 31.5. The second kappa shape index (κ2) is 39.3. The van der Waals surface area contributed by atoms with E-state index >= 15 is 0 Å². The monoisotopic (exact) mass is 1730 g/mol. The fourth-order valence-corrected chi connectivity index (χ4v) is 16.3. The van der Waals surface area contributed by atoms with Crippen LogP contribution >= 0.6 is 0 Å². The summed E-state index contributed by atoms with van der Waals surface area (Å²) < 4.78 is 109. The van der Waals surface area contributed by atoms with Crippen LogP contribution in [0.4, 0.5) is 52.1 Å². The predicted octanol–water partition coefficient (Wildman–Crippen LogP) is 22.6. The molecule has 0 atom stereocenters. The zero-order valence-electron chi connectivity index (χ0n) is 77.5. The van der Waals surface area contributed by atoms with Gasteiger partial charge in [-0.1, -0.05) is 126 Å². The number of carbonyl (C=O) groups is 7.